The van der Waals surface area contributed by atoms with Crippen LogP contribution in [-0.2, 0) is 16.6 Å². The Morgan fingerprint density at radius 2 is 2.15 bits per heavy atom. The van der Waals surface area contributed by atoms with Crippen LogP contribution in [0, 0.1) is 5.82 Å². The molecule has 0 amide bonds. The van der Waals surface area contributed by atoms with Crippen molar-refractivity contribution in [3.63, 3.8) is 0 Å². The third-order valence-electron chi connectivity index (χ3n) is 1.85. The van der Waals surface area contributed by atoms with Crippen molar-refractivity contribution in [2.24, 2.45) is 0 Å². The molecular formula is C7H5ClFNO2S. The Hall–Kier alpha value is -0.650. The fourth-order valence-electron chi connectivity index (χ4n) is 1.21. The molecule has 0 aliphatic carbocycles. The molecule has 0 spiro atoms. The molecule has 0 aromatic heterocycles. The van der Waals surface area contributed by atoms with Crippen LogP contribution >= 0.6 is 11.6 Å². The highest BCUT2D eigenvalue weighted by Crippen LogP contribution is 2.27. The maximum atomic E-state index is 12.9. The second-order valence-electron chi connectivity index (χ2n) is 2.70. The Labute approximate surface area is 79.6 Å². The average Bonchev–Trinajstić information content (AvgIpc) is 2.31. The predicted octanol–water partition coefficient (Wildman–Crippen LogP) is 1.27. The summed E-state index contributed by atoms with van der Waals surface area (Å²) >= 11 is 5.45. The van der Waals surface area contributed by atoms with Gasteiger partial charge in [0.05, 0.1) is 9.92 Å². The summed E-state index contributed by atoms with van der Waals surface area (Å²) < 4.78 is 37.6. The molecule has 1 aliphatic rings. The Bertz CT molecular complexity index is 472. The predicted molar refractivity (Wildman–Crippen MR) is 45.4 cm³/mol. The molecule has 13 heavy (non-hydrogen) atoms. The Morgan fingerprint density at radius 3 is 2.85 bits per heavy atom. The molecule has 2 rings (SSSR count). The molecule has 1 aromatic carbocycles. The second kappa shape index (κ2) is 2.67. The minimum atomic E-state index is -3.45. The van der Waals surface area contributed by atoms with Gasteiger partial charge in [-0.15, -0.1) is 0 Å². The highest BCUT2D eigenvalue weighted by Gasteiger charge is 2.26. The summed E-state index contributed by atoms with van der Waals surface area (Å²) in [6.45, 7) is 0.131. The smallest absolute Gasteiger partial charge is 0.207 e. The number of nitrogens with one attached hydrogen (secondary N) is 1. The number of benzene rings is 1. The molecule has 1 aromatic rings. The van der Waals surface area contributed by atoms with Crippen LogP contribution in [0.4, 0.5) is 4.39 Å². The van der Waals surface area contributed by atoms with Gasteiger partial charge in [0.1, 0.15) is 5.82 Å². The van der Waals surface area contributed by atoms with Gasteiger partial charge in [0.15, 0.2) is 0 Å². The van der Waals surface area contributed by atoms with E-state index in [1.54, 1.807) is 0 Å². The van der Waals surface area contributed by atoms with Crippen molar-refractivity contribution in [1.29, 1.82) is 0 Å². The van der Waals surface area contributed by atoms with E-state index in [0.29, 0.717) is 5.56 Å². The first-order valence-corrected chi connectivity index (χ1v) is 5.34. The van der Waals surface area contributed by atoms with E-state index < -0.39 is 15.8 Å². The van der Waals surface area contributed by atoms with Crippen molar-refractivity contribution in [2.75, 3.05) is 0 Å². The van der Waals surface area contributed by atoms with Crippen LogP contribution in [0.1, 0.15) is 5.56 Å². The van der Waals surface area contributed by atoms with Crippen LogP contribution in [0.25, 0.3) is 0 Å². The molecular weight excluding hydrogens is 217 g/mol. The largest absolute Gasteiger partial charge is 0.241 e. The van der Waals surface area contributed by atoms with E-state index >= 15 is 0 Å². The van der Waals surface area contributed by atoms with Gasteiger partial charge in [0, 0.05) is 6.54 Å². The van der Waals surface area contributed by atoms with Gasteiger partial charge < -0.3 is 0 Å². The molecule has 1 heterocycles. The lowest BCUT2D eigenvalue weighted by molar-refractivity contribution is 0.589. The Balaban J connectivity index is 2.75. The van der Waals surface area contributed by atoms with Gasteiger partial charge in [-0.3, -0.25) is 0 Å². The number of fused-ring (bicyclic) bond motifs is 1. The van der Waals surface area contributed by atoms with E-state index in [1.807, 2.05) is 0 Å². The zero-order valence-corrected chi connectivity index (χ0v) is 7.91. The van der Waals surface area contributed by atoms with Gasteiger partial charge >= 0.3 is 0 Å². The molecule has 0 bridgehead atoms. The van der Waals surface area contributed by atoms with Crippen molar-refractivity contribution in [2.45, 2.75) is 11.4 Å². The van der Waals surface area contributed by atoms with Crippen molar-refractivity contribution in [3.8, 4) is 0 Å². The van der Waals surface area contributed by atoms with E-state index in [4.69, 9.17) is 11.6 Å². The van der Waals surface area contributed by atoms with Gasteiger partial charge in [-0.2, -0.15) is 0 Å². The third kappa shape index (κ3) is 1.33. The first kappa shape index (κ1) is 8.93. The summed E-state index contributed by atoms with van der Waals surface area (Å²) in [6, 6.07) is 2.26. The summed E-state index contributed by atoms with van der Waals surface area (Å²) in [7, 11) is -3.45. The lowest BCUT2D eigenvalue weighted by atomic mass is 10.2. The van der Waals surface area contributed by atoms with Crippen LogP contribution in [0.3, 0.4) is 0 Å². The van der Waals surface area contributed by atoms with Gasteiger partial charge in [-0.05, 0) is 17.7 Å². The van der Waals surface area contributed by atoms with Crippen molar-refractivity contribution < 1.29 is 12.8 Å². The zero-order chi connectivity index (χ0) is 9.64. The maximum Gasteiger partial charge on any atom is 0.241 e. The normalized spacial score (nSPS) is 18.6. The molecule has 0 unspecified atom stereocenters. The van der Waals surface area contributed by atoms with Crippen LogP contribution in [-0.4, -0.2) is 8.42 Å². The highest BCUT2D eigenvalue weighted by atomic mass is 35.5. The number of sulfonamides is 1. The monoisotopic (exact) mass is 221 g/mol. The molecule has 3 nitrogen and oxygen atoms in total. The summed E-state index contributed by atoms with van der Waals surface area (Å²) in [5, 5.41) is -0.175. The van der Waals surface area contributed by atoms with Gasteiger partial charge in [0.2, 0.25) is 10.0 Å². The van der Waals surface area contributed by atoms with Crippen LogP contribution in [0.5, 0.6) is 0 Å². The van der Waals surface area contributed by atoms with E-state index in [0.717, 1.165) is 12.1 Å². The Morgan fingerprint density at radius 1 is 1.46 bits per heavy atom. The number of rotatable bonds is 0. The minimum Gasteiger partial charge on any atom is -0.207 e. The maximum absolute atomic E-state index is 12.9. The van der Waals surface area contributed by atoms with Gasteiger partial charge in [0.25, 0.3) is 0 Å². The quantitative estimate of drug-likeness (QED) is 0.717. The number of hydrogen-bond donors (Lipinski definition) is 1. The SMILES string of the molecule is O=S1(=O)NCc2cc(F)c(Cl)cc21. The second-order valence-corrected chi connectivity index (χ2v) is 4.84. The highest BCUT2D eigenvalue weighted by molar-refractivity contribution is 7.89. The fraction of sp³-hybridized carbons (Fsp3) is 0.143. The van der Waals surface area contributed by atoms with E-state index in [-0.39, 0.29) is 16.5 Å². The standard InChI is InChI=1S/C7H5ClFNO2S/c8-5-2-7-4(1-6(5)9)3-10-13(7,11)12/h1-2,10H,3H2. The molecule has 1 aliphatic heterocycles. The van der Waals surface area contributed by atoms with E-state index in [1.165, 1.54) is 0 Å². The third-order valence-corrected chi connectivity index (χ3v) is 3.62. The number of hydrogen-bond acceptors (Lipinski definition) is 2. The van der Waals surface area contributed by atoms with Crippen molar-refractivity contribution in [1.82, 2.24) is 4.72 Å². The molecule has 70 valence electrons. The van der Waals surface area contributed by atoms with Crippen LogP contribution < -0.4 is 4.72 Å². The van der Waals surface area contributed by atoms with Crippen molar-refractivity contribution >= 4 is 21.6 Å². The lowest BCUT2D eigenvalue weighted by Gasteiger charge is -1.98. The summed E-state index contributed by atoms with van der Waals surface area (Å²) in [4.78, 5) is 0.0684. The zero-order valence-electron chi connectivity index (χ0n) is 6.34. The first-order chi connectivity index (χ1) is 6.00. The fourth-order valence-corrected chi connectivity index (χ4v) is 2.69. The molecule has 0 saturated heterocycles. The number of halogens is 2. The van der Waals surface area contributed by atoms with Crippen molar-refractivity contribution in [3.05, 3.63) is 28.5 Å². The van der Waals surface area contributed by atoms with E-state index in [9.17, 15) is 12.8 Å². The van der Waals surface area contributed by atoms with Crippen LogP contribution in [0.2, 0.25) is 5.02 Å². The Kier molecular flexibility index (Phi) is 1.83. The molecule has 0 saturated carbocycles. The topological polar surface area (TPSA) is 46.2 Å². The lowest BCUT2D eigenvalue weighted by Crippen LogP contribution is -2.13. The summed E-state index contributed by atoms with van der Waals surface area (Å²) in [5.41, 5.74) is 0.418. The summed E-state index contributed by atoms with van der Waals surface area (Å²) in [5.74, 6) is -0.598. The molecule has 0 fully saturated rings. The van der Waals surface area contributed by atoms with E-state index in [2.05, 4.69) is 4.72 Å². The van der Waals surface area contributed by atoms with Gasteiger partial charge in [-0.1, -0.05) is 11.6 Å². The molecule has 0 atom stereocenters. The van der Waals surface area contributed by atoms with Gasteiger partial charge in [-0.25, -0.2) is 17.5 Å². The molecule has 1 N–H and O–H groups in total. The average molecular weight is 222 g/mol. The summed E-state index contributed by atoms with van der Waals surface area (Å²) in [6.07, 6.45) is 0. The molecule has 6 heteroatoms. The van der Waals surface area contributed by atoms with Crippen LogP contribution in [0.15, 0.2) is 17.0 Å². The first-order valence-electron chi connectivity index (χ1n) is 3.48. The minimum absolute atomic E-state index is 0.0684. The molecule has 0 radical (unpaired) electrons.